The highest BCUT2D eigenvalue weighted by Gasteiger charge is 2.32. The molecule has 1 saturated heterocycles. The normalized spacial score (nSPS) is 22.6. The first-order chi connectivity index (χ1) is 9.40. The molecule has 2 rings (SSSR count). The summed E-state index contributed by atoms with van der Waals surface area (Å²) in [7, 11) is 0. The number of benzene rings is 1. The highest BCUT2D eigenvalue weighted by Crippen LogP contribution is 2.26. The van der Waals surface area contributed by atoms with E-state index in [-0.39, 0.29) is 17.9 Å². The molecule has 108 valence electrons. The van der Waals surface area contributed by atoms with E-state index in [0.717, 1.165) is 10.0 Å². The summed E-state index contributed by atoms with van der Waals surface area (Å²) >= 11 is 3.43. The second-order valence-electron chi connectivity index (χ2n) is 5.37. The number of aryl methyl sites for hydroxylation is 1. The number of hydrogen-bond donors (Lipinski definition) is 1. The maximum absolute atomic E-state index is 12.5. The van der Waals surface area contributed by atoms with E-state index in [0.29, 0.717) is 24.9 Å². The predicted molar refractivity (Wildman–Crippen MR) is 79.7 cm³/mol. The number of carbonyl (C=O) groups is 2. The Morgan fingerprint density at radius 2 is 2.10 bits per heavy atom. The third-order valence-electron chi connectivity index (χ3n) is 3.91. The van der Waals surface area contributed by atoms with Gasteiger partial charge in [0.25, 0.3) is 5.91 Å². The van der Waals surface area contributed by atoms with Gasteiger partial charge in [-0.1, -0.05) is 22.0 Å². The molecule has 20 heavy (non-hydrogen) atoms. The first-order valence-corrected chi connectivity index (χ1v) is 7.49. The smallest absolute Gasteiger partial charge is 0.306 e. The van der Waals surface area contributed by atoms with Gasteiger partial charge in [0.1, 0.15) is 0 Å². The Bertz CT molecular complexity index is 544. The molecular formula is C15H18BrNO3. The van der Waals surface area contributed by atoms with Crippen molar-refractivity contribution in [1.82, 2.24) is 4.90 Å². The lowest BCUT2D eigenvalue weighted by Crippen LogP contribution is -2.46. The van der Waals surface area contributed by atoms with E-state index < -0.39 is 5.97 Å². The molecule has 1 aromatic carbocycles. The van der Waals surface area contributed by atoms with Crippen molar-refractivity contribution in [3.05, 3.63) is 33.8 Å². The van der Waals surface area contributed by atoms with Gasteiger partial charge >= 0.3 is 5.97 Å². The summed E-state index contributed by atoms with van der Waals surface area (Å²) in [5.41, 5.74) is 1.72. The first-order valence-electron chi connectivity index (χ1n) is 6.70. The largest absolute Gasteiger partial charge is 0.481 e. The molecule has 2 unspecified atom stereocenters. The predicted octanol–water partition coefficient (Wildman–Crippen LogP) is 3.08. The molecule has 0 bridgehead atoms. The number of likely N-dealkylation sites (tertiary alicyclic amines) is 1. The van der Waals surface area contributed by atoms with Gasteiger partial charge in [-0.2, -0.15) is 0 Å². The van der Waals surface area contributed by atoms with Crippen molar-refractivity contribution in [2.45, 2.75) is 32.7 Å². The highest BCUT2D eigenvalue weighted by molar-refractivity contribution is 9.10. The molecule has 0 radical (unpaired) electrons. The highest BCUT2D eigenvalue weighted by atomic mass is 79.9. The van der Waals surface area contributed by atoms with Crippen LogP contribution in [0.2, 0.25) is 0 Å². The lowest BCUT2D eigenvalue weighted by molar-refractivity contribution is -0.143. The molecular weight excluding hydrogens is 322 g/mol. The van der Waals surface area contributed by atoms with Crippen LogP contribution in [0.25, 0.3) is 0 Å². The van der Waals surface area contributed by atoms with Crippen LogP contribution in [0.3, 0.4) is 0 Å². The van der Waals surface area contributed by atoms with Crippen LogP contribution in [0.15, 0.2) is 22.7 Å². The zero-order valence-corrected chi connectivity index (χ0v) is 13.2. The van der Waals surface area contributed by atoms with Crippen LogP contribution in [-0.4, -0.2) is 34.5 Å². The number of piperidine rings is 1. The minimum Gasteiger partial charge on any atom is -0.481 e. The second kappa shape index (κ2) is 5.95. The molecule has 1 heterocycles. The Morgan fingerprint density at radius 3 is 2.65 bits per heavy atom. The number of aliphatic carboxylic acids is 1. The molecule has 1 aromatic rings. The van der Waals surface area contributed by atoms with Gasteiger partial charge in [-0.3, -0.25) is 9.59 Å². The molecule has 1 aliphatic heterocycles. The minimum atomic E-state index is -0.762. The van der Waals surface area contributed by atoms with Crippen LogP contribution < -0.4 is 0 Å². The lowest BCUT2D eigenvalue weighted by Gasteiger charge is -2.36. The van der Waals surface area contributed by atoms with Crippen LogP contribution in [0, 0.1) is 12.8 Å². The maximum Gasteiger partial charge on any atom is 0.306 e. The molecule has 4 nitrogen and oxygen atoms in total. The Kier molecular flexibility index (Phi) is 4.48. The van der Waals surface area contributed by atoms with Crippen molar-refractivity contribution in [2.75, 3.05) is 6.54 Å². The van der Waals surface area contributed by atoms with Crippen LogP contribution in [-0.2, 0) is 4.79 Å². The standard InChI is InChI=1S/C15H18BrNO3/c1-9-3-4-11(8-13(9)16)14(18)17-6-5-12(15(19)20)7-10(17)2/h3-4,8,10,12H,5-7H2,1-2H3,(H,19,20). The lowest BCUT2D eigenvalue weighted by atomic mass is 9.91. The second-order valence-corrected chi connectivity index (χ2v) is 6.23. The van der Waals surface area contributed by atoms with Gasteiger partial charge in [0, 0.05) is 22.6 Å². The topological polar surface area (TPSA) is 57.6 Å². The first kappa shape index (κ1) is 15.0. The van der Waals surface area contributed by atoms with Crippen molar-refractivity contribution in [1.29, 1.82) is 0 Å². The molecule has 0 aromatic heterocycles. The van der Waals surface area contributed by atoms with Gasteiger partial charge in [-0.25, -0.2) is 0 Å². The number of carboxylic acid groups (broad SMARTS) is 1. The van der Waals surface area contributed by atoms with E-state index in [9.17, 15) is 9.59 Å². The van der Waals surface area contributed by atoms with Crippen LogP contribution in [0.1, 0.15) is 35.7 Å². The van der Waals surface area contributed by atoms with E-state index >= 15 is 0 Å². The van der Waals surface area contributed by atoms with Crippen molar-refractivity contribution in [3.8, 4) is 0 Å². The van der Waals surface area contributed by atoms with Gasteiger partial charge < -0.3 is 10.0 Å². The molecule has 0 saturated carbocycles. The number of hydrogen-bond acceptors (Lipinski definition) is 2. The summed E-state index contributed by atoms with van der Waals surface area (Å²) in [5, 5.41) is 9.06. The van der Waals surface area contributed by atoms with E-state index in [2.05, 4.69) is 15.9 Å². The molecule has 1 amide bonds. The summed E-state index contributed by atoms with van der Waals surface area (Å²) < 4.78 is 0.913. The number of halogens is 1. The van der Waals surface area contributed by atoms with Crippen molar-refractivity contribution in [2.24, 2.45) is 5.92 Å². The molecule has 1 aliphatic rings. The molecule has 1 fully saturated rings. The molecule has 2 atom stereocenters. The summed E-state index contributed by atoms with van der Waals surface area (Å²) in [6, 6.07) is 5.51. The average molecular weight is 340 g/mol. The average Bonchev–Trinajstić information content (AvgIpc) is 2.41. The monoisotopic (exact) mass is 339 g/mol. The number of carboxylic acids is 1. The van der Waals surface area contributed by atoms with Crippen LogP contribution >= 0.6 is 15.9 Å². The minimum absolute atomic E-state index is 0.0259. The molecule has 5 heteroatoms. The Morgan fingerprint density at radius 1 is 1.40 bits per heavy atom. The Balaban J connectivity index is 2.13. The van der Waals surface area contributed by atoms with Gasteiger partial charge in [0.2, 0.25) is 0 Å². The van der Waals surface area contributed by atoms with E-state index in [1.165, 1.54) is 0 Å². The van der Waals surface area contributed by atoms with Gasteiger partial charge in [-0.15, -0.1) is 0 Å². The summed E-state index contributed by atoms with van der Waals surface area (Å²) in [4.78, 5) is 25.3. The van der Waals surface area contributed by atoms with E-state index in [1.54, 1.807) is 4.90 Å². The molecule has 0 aliphatic carbocycles. The van der Waals surface area contributed by atoms with Crippen molar-refractivity contribution < 1.29 is 14.7 Å². The fourth-order valence-corrected chi connectivity index (χ4v) is 2.97. The maximum atomic E-state index is 12.5. The molecule has 1 N–H and O–H groups in total. The van der Waals surface area contributed by atoms with Crippen LogP contribution in [0.5, 0.6) is 0 Å². The third kappa shape index (κ3) is 3.03. The van der Waals surface area contributed by atoms with Gasteiger partial charge in [0.15, 0.2) is 0 Å². The van der Waals surface area contributed by atoms with E-state index in [4.69, 9.17) is 5.11 Å². The fraction of sp³-hybridized carbons (Fsp3) is 0.467. The number of amides is 1. The number of rotatable bonds is 2. The number of carbonyl (C=O) groups excluding carboxylic acids is 1. The number of nitrogens with zero attached hydrogens (tertiary/aromatic N) is 1. The summed E-state index contributed by atoms with van der Waals surface area (Å²) in [6.45, 7) is 4.39. The zero-order chi connectivity index (χ0) is 14.9. The SMILES string of the molecule is Cc1ccc(C(=O)N2CCC(C(=O)O)CC2C)cc1Br. The van der Waals surface area contributed by atoms with Crippen LogP contribution in [0.4, 0.5) is 0 Å². The van der Waals surface area contributed by atoms with Crippen molar-refractivity contribution >= 4 is 27.8 Å². The Hall–Kier alpha value is -1.36. The summed E-state index contributed by atoms with van der Waals surface area (Å²) in [5.74, 6) is -1.12. The van der Waals surface area contributed by atoms with Crippen molar-refractivity contribution in [3.63, 3.8) is 0 Å². The van der Waals surface area contributed by atoms with E-state index in [1.807, 2.05) is 32.0 Å². The summed E-state index contributed by atoms with van der Waals surface area (Å²) in [6.07, 6.45) is 1.05. The quantitative estimate of drug-likeness (QED) is 0.900. The zero-order valence-electron chi connectivity index (χ0n) is 11.6. The fourth-order valence-electron chi connectivity index (χ4n) is 2.59. The van der Waals surface area contributed by atoms with Gasteiger partial charge in [-0.05, 0) is 44.4 Å². The van der Waals surface area contributed by atoms with Gasteiger partial charge in [0.05, 0.1) is 5.92 Å². The Labute approximate surface area is 126 Å². The molecule has 0 spiro atoms. The third-order valence-corrected chi connectivity index (χ3v) is 4.76.